The molecule has 2 aromatic carbocycles. The first kappa shape index (κ1) is 22.0. The van der Waals surface area contributed by atoms with Crippen molar-refractivity contribution in [1.29, 1.82) is 0 Å². The Bertz CT molecular complexity index is 969. The van der Waals surface area contributed by atoms with Gasteiger partial charge in [0.05, 0.1) is 10.8 Å². The first-order chi connectivity index (χ1) is 14.4. The summed E-state index contributed by atoms with van der Waals surface area (Å²) in [6.07, 6.45) is 3.21. The lowest BCUT2D eigenvalue weighted by molar-refractivity contribution is -0.123. The van der Waals surface area contributed by atoms with E-state index in [1.54, 1.807) is 0 Å². The van der Waals surface area contributed by atoms with Crippen LogP contribution in [0.25, 0.3) is 0 Å². The Morgan fingerprint density at radius 2 is 1.60 bits per heavy atom. The molecule has 30 heavy (non-hydrogen) atoms. The molecule has 0 radical (unpaired) electrons. The number of hydrazine groups is 1. The van der Waals surface area contributed by atoms with Gasteiger partial charge in [-0.25, -0.2) is 8.42 Å². The van der Waals surface area contributed by atoms with Crippen molar-refractivity contribution in [2.45, 2.75) is 43.4 Å². The second-order valence-corrected chi connectivity index (χ2v) is 9.27. The van der Waals surface area contributed by atoms with Gasteiger partial charge in [0.15, 0.2) is 0 Å². The molecule has 2 aromatic rings. The number of hydrogen-bond acceptors (Lipinski definition) is 4. The average Bonchev–Trinajstić information content (AvgIpc) is 3.32. The molecule has 0 saturated carbocycles. The van der Waals surface area contributed by atoms with E-state index in [4.69, 9.17) is 0 Å². The van der Waals surface area contributed by atoms with Crippen molar-refractivity contribution in [3.8, 4) is 0 Å². The molecule has 0 spiro atoms. The van der Waals surface area contributed by atoms with Crippen molar-refractivity contribution in [1.82, 2.24) is 15.2 Å². The third kappa shape index (κ3) is 5.06. The summed E-state index contributed by atoms with van der Waals surface area (Å²) >= 11 is 0. The maximum atomic E-state index is 12.6. The number of hydrogen-bond donors (Lipinski definition) is 2. The minimum atomic E-state index is -3.52. The van der Waals surface area contributed by atoms with Crippen LogP contribution in [0.3, 0.4) is 0 Å². The molecule has 2 amide bonds. The highest BCUT2D eigenvalue weighted by Crippen LogP contribution is 2.22. The predicted octanol–water partition coefficient (Wildman–Crippen LogP) is 2.82. The van der Waals surface area contributed by atoms with Crippen LogP contribution in [-0.2, 0) is 14.8 Å². The molecule has 160 valence electrons. The van der Waals surface area contributed by atoms with Crippen LogP contribution in [0.2, 0.25) is 0 Å². The molecule has 7 nitrogen and oxygen atoms in total. The van der Waals surface area contributed by atoms with Crippen molar-refractivity contribution in [2.24, 2.45) is 0 Å². The van der Waals surface area contributed by atoms with Gasteiger partial charge in [0.2, 0.25) is 15.9 Å². The molecule has 3 rings (SSSR count). The molecule has 1 atom stereocenters. The lowest BCUT2D eigenvalue weighted by atomic mass is 9.94. The molecule has 0 aromatic heterocycles. The smallest absolute Gasteiger partial charge is 0.269 e. The van der Waals surface area contributed by atoms with Crippen molar-refractivity contribution in [3.05, 3.63) is 65.7 Å². The highest BCUT2D eigenvalue weighted by Gasteiger charge is 2.27. The van der Waals surface area contributed by atoms with Crippen molar-refractivity contribution in [2.75, 3.05) is 13.1 Å². The predicted molar refractivity (Wildman–Crippen MR) is 114 cm³/mol. The summed E-state index contributed by atoms with van der Waals surface area (Å²) in [7, 11) is -3.52. The molecular weight excluding hydrogens is 402 g/mol. The summed E-state index contributed by atoms with van der Waals surface area (Å²) in [4.78, 5) is 25.2. The van der Waals surface area contributed by atoms with Gasteiger partial charge >= 0.3 is 0 Å². The number of nitrogens with one attached hydrogen (secondary N) is 2. The van der Waals surface area contributed by atoms with E-state index in [0.717, 1.165) is 24.8 Å². The minimum absolute atomic E-state index is 0.164. The number of nitrogens with zero attached hydrogens (tertiary/aromatic N) is 1. The largest absolute Gasteiger partial charge is 0.273 e. The van der Waals surface area contributed by atoms with Gasteiger partial charge in [-0.2, -0.15) is 4.31 Å². The van der Waals surface area contributed by atoms with Crippen LogP contribution in [0.1, 0.15) is 54.4 Å². The first-order valence-corrected chi connectivity index (χ1v) is 11.6. The van der Waals surface area contributed by atoms with Crippen molar-refractivity contribution >= 4 is 21.8 Å². The number of benzene rings is 2. The Hall–Kier alpha value is -2.71. The van der Waals surface area contributed by atoms with Gasteiger partial charge in [-0.3, -0.25) is 20.4 Å². The SMILES string of the molecule is CCCC(C(=O)NNC(=O)c1ccc(S(=O)(=O)N2CCCC2)cc1)c1ccccc1. The molecule has 8 heteroatoms. The maximum Gasteiger partial charge on any atom is 0.269 e. The van der Waals surface area contributed by atoms with Gasteiger partial charge in [0, 0.05) is 18.7 Å². The van der Waals surface area contributed by atoms with Crippen LogP contribution in [0.5, 0.6) is 0 Å². The topological polar surface area (TPSA) is 95.6 Å². The molecule has 1 fully saturated rings. The maximum absolute atomic E-state index is 12.6. The first-order valence-electron chi connectivity index (χ1n) is 10.2. The van der Waals surface area contributed by atoms with Crippen molar-refractivity contribution < 1.29 is 18.0 Å². The molecule has 0 aliphatic carbocycles. The Labute approximate surface area is 177 Å². The summed E-state index contributed by atoms with van der Waals surface area (Å²) in [6.45, 7) is 3.05. The summed E-state index contributed by atoms with van der Waals surface area (Å²) in [5, 5.41) is 0. The third-order valence-corrected chi connectivity index (χ3v) is 7.13. The monoisotopic (exact) mass is 429 g/mol. The zero-order valence-electron chi connectivity index (χ0n) is 17.0. The Kier molecular flexibility index (Phi) is 7.23. The number of rotatable bonds is 7. The second kappa shape index (κ2) is 9.86. The molecule has 2 N–H and O–H groups in total. The van der Waals surface area contributed by atoms with E-state index in [2.05, 4.69) is 10.9 Å². The number of sulfonamides is 1. The van der Waals surface area contributed by atoms with Crippen LogP contribution in [-0.4, -0.2) is 37.6 Å². The van der Waals surface area contributed by atoms with Crippen LogP contribution in [0.4, 0.5) is 0 Å². The van der Waals surface area contributed by atoms with Crippen LogP contribution < -0.4 is 10.9 Å². The van der Waals surface area contributed by atoms with Crippen LogP contribution >= 0.6 is 0 Å². The number of carbonyl (C=O) groups is 2. The highest BCUT2D eigenvalue weighted by atomic mass is 32.2. The Balaban J connectivity index is 1.62. The summed E-state index contributed by atoms with van der Waals surface area (Å²) in [5.74, 6) is -1.15. The Morgan fingerprint density at radius 1 is 0.967 bits per heavy atom. The lowest BCUT2D eigenvalue weighted by Gasteiger charge is -2.17. The fourth-order valence-electron chi connectivity index (χ4n) is 3.56. The van der Waals surface area contributed by atoms with Gasteiger partial charge < -0.3 is 0 Å². The van der Waals surface area contributed by atoms with Crippen LogP contribution in [0, 0.1) is 0 Å². The summed E-state index contributed by atoms with van der Waals surface area (Å²) in [6, 6.07) is 15.2. The number of carbonyl (C=O) groups excluding carboxylic acids is 2. The van der Waals surface area contributed by atoms with E-state index in [9.17, 15) is 18.0 Å². The van der Waals surface area contributed by atoms with Crippen LogP contribution in [0.15, 0.2) is 59.5 Å². The van der Waals surface area contributed by atoms with E-state index in [1.165, 1.54) is 28.6 Å². The molecule has 1 unspecified atom stereocenters. The molecule has 1 aliphatic heterocycles. The van der Waals surface area contributed by atoms with E-state index in [0.29, 0.717) is 19.5 Å². The Morgan fingerprint density at radius 3 is 2.20 bits per heavy atom. The van der Waals surface area contributed by atoms with Gasteiger partial charge in [-0.1, -0.05) is 43.7 Å². The summed E-state index contributed by atoms with van der Waals surface area (Å²) in [5.41, 5.74) is 6.07. The van der Waals surface area contributed by atoms with Gasteiger partial charge in [-0.05, 0) is 49.1 Å². The summed E-state index contributed by atoms with van der Waals surface area (Å²) < 4.78 is 26.6. The number of amides is 2. The molecule has 0 bridgehead atoms. The van der Waals surface area contributed by atoms with E-state index < -0.39 is 15.9 Å². The molecule has 1 saturated heterocycles. The third-order valence-electron chi connectivity index (χ3n) is 5.21. The fraction of sp³-hybridized carbons (Fsp3) is 0.364. The van der Waals surface area contributed by atoms with Gasteiger partial charge in [0.1, 0.15) is 0 Å². The fourth-order valence-corrected chi connectivity index (χ4v) is 5.07. The zero-order chi connectivity index (χ0) is 21.6. The lowest BCUT2D eigenvalue weighted by Crippen LogP contribution is -2.44. The van der Waals surface area contributed by atoms with Gasteiger partial charge in [0.25, 0.3) is 5.91 Å². The standard InChI is InChI=1S/C22H27N3O4S/c1-2-8-20(17-9-4-3-5-10-17)22(27)24-23-21(26)18-11-13-19(14-12-18)30(28,29)25-15-6-7-16-25/h3-5,9-14,20H,2,6-8,15-16H2,1H3,(H,23,26)(H,24,27). The minimum Gasteiger partial charge on any atom is -0.273 e. The molecule has 1 heterocycles. The molecule has 1 aliphatic rings. The molecular formula is C22H27N3O4S. The van der Waals surface area contributed by atoms with E-state index in [1.807, 2.05) is 37.3 Å². The van der Waals surface area contributed by atoms with E-state index in [-0.39, 0.29) is 22.3 Å². The quantitative estimate of drug-likeness (QED) is 0.662. The van der Waals surface area contributed by atoms with Crippen molar-refractivity contribution in [3.63, 3.8) is 0 Å². The highest BCUT2D eigenvalue weighted by molar-refractivity contribution is 7.89. The average molecular weight is 430 g/mol. The second-order valence-electron chi connectivity index (χ2n) is 7.33. The van der Waals surface area contributed by atoms with E-state index >= 15 is 0 Å². The zero-order valence-corrected chi connectivity index (χ0v) is 17.8. The van der Waals surface area contributed by atoms with Gasteiger partial charge in [-0.15, -0.1) is 0 Å². The normalized spacial score (nSPS) is 15.5.